The molecule has 0 saturated carbocycles. The summed E-state index contributed by atoms with van der Waals surface area (Å²) in [6.07, 6.45) is 3.44. The van der Waals surface area contributed by atoms with Crippen molar-refractivity contribution in [1.82, 2.24) is 9.47 Å². The van der Waals surface area contributed by atoms with Crippen molar-refractivity contribution in [2.75, 3.05) is 6.54 Å². The largest absolute Gasteiger partial charge is 0.353 e. The van der Waals surface area contributed by atoms with E-state index in [2.05, 4.69) is 48.7 Å². The first-order valence-corrected chi connectivity index (χ1v) is 4.95. The smallest absolute Gasteiger partial charge is 0.0392 e. The molecule has 0 spiro atoms. The van der Waals surface area contributed by atoms with Crippen molar-refractivity contribution in [3.63, 3.8) is 0 Å². The Kier molecular flexibility index (Phi) is 1.95. The number of aromatic nitrogens is 1. The van der Waals surface area contributed by atoms with E-state index in [-0.39, 0.29) is 0 Å². The predicted molar refractivity (Wildman–Crippen MR) is 54.5 cm³/mol. The Labute approximate surface area is 80.2 Å². The highest BCUT2D eigenvalue weighted by molar-refractivity contribution is 5.08. The summed E-state index contributed by atoms with van der Waals surface area (Å²) in [7, 11) is 2.11. The van der Waals surface area contributed by atoms with Crippen molar-refractivity contribution in [3.05, 3.63) is 24.0 Å². The second-order valence-corrected chi connectivity index (χ2v) is 4.59. The zero-order valence-electron chi connectivity index (χ0n) is 8.75. The topological polar surface area (TPSA) is 8.17 Å². The Morgan fingerprint density at radius 1 is 1.46 bits per heavy atom. The molecule has 2 heterocycles. The normalized spacial score (nSPS) is 21.5. The van der Waals surface area contributed by atoms with Gasteiger partial charge in [-0.05, 0) is 32.4 Å². The lowest BCUT2D eigenvalue weighted by molar-refractivity contribution is 0.00618. The molecule has 0 aromatic carbocycles. The van der Waals surface area contributed by atoms with Gasteiger partial charge in [-0.3, -0.25) is 4.90 Å². The molecule has 1 saturated heterocycles. The van der Waals surface area contributed by atoms with Crippen molar-refractivity contribution < 1.29 is 0 Å². The molecule has 1 fully saturated rings. The fraction of sp³-hybridized carbons (Fsp3) is 0.636. The fourth-order valence-corrected chi connectivity index (χ4v) is 1.87. The van der Waals surface area contributed by atoms with Crippen LogP contribution in [0.4, 0.5) is 0 Å². The number of nitrogens with zero attached hydrogens (tertiary/aromatic N) is 2. The van der Waals surface area contributed by atoms with Gasteiger partial charge < -0.3 is 4.57 Å². The molecule has 1 aliphatic heterocycles. The first-order valence-electron chi connectivity index (χ1n) is 4.95. The van der Waals surface area contributed by atoms with Gasteiger partial charge in [-0.2, -0.15) is 0 Å². The van der Waals surface area contributed by atoms with Gasteiger partial charge in [0.2, 0.25) is 0 Å². The van der Waals surface area contributed by atoms with E-state index in [9.17, 15) is 0 Å². The molecule has 2 heteroatoms. The number of aryl methyl sites for hydroxylation is 1. The predicted octanol–water partition coefficient (Wildman–Crippen LogP) is 2.01. The van der Waals surface area contributed by atoms with Gasteiger partial charge in [-0.25, -0.2) is 0 Å². The van der Waals surface area contributed by atoms with Crippen LogP contribution in [0.1, 0.15) is 26.0 Å². The average Bonchev–Trinajstić information content (AvgIpc) is 2.45. The van der Waals surface area contributed by atoms with Crippen LogP contribution in [0.25, 0.3) is 0 Å². The zero-order valence-corrected chi connectivity index (χ0v) is 8.75. The van der Waals surface area contributed by atoms with Crippen molar-refractivity contribution in [1.29, 1.82) is 0 Å². The summed E-state index contributed by atoms with van der Waals surface area (Å²) < 4.78 is 2.20. The molecular formula is C11H18N2. The van der Waals surface area contributed by atoms with E-state index in [1.54, 1.807) is 0 Å². The number of hydrogen-bond acceptors (Lipinski definition) is 1. The third-order valence-corrected chi connectivity index (χ3v) is 3.25. The minimum Gasteiger partial charge on any atom is -0.353 e. The lowest BCUT2D eigenvalue weighted by Crippen LogP contribution is -2.55. The maximum absolute atomic E-state index is 2.53. The molecule has 0 unspecified atom stereocenters. The van der Waals surface area contributed by atoms with E-state index in [0.717, 1.165) is 6.54 Å². The summed E-state index contributed by atoms with van der Waals surface area (Å²) in [5, 5.41) is 0. The van der Waals surface area contributed by atoms with E-state index in [1.807, 2.05) is 0 Å². The Bertz CT molecular complexity index is 299. The first kappa shape index (κ1) is 8.82. The number of likely N-dealkylation sites (tertiary alicyclic amines) is 1. The SMILES string of the molecule is Cn1cccc1CN1CCC1(C)C. The summed E-state index contributed by atoms with van der Waals surface area (Å²) in [6, 6.07) is 4.32. The van der Waals surface area contributed by atoms with E-state index in [0.29, 0.717) is 5.54 Å². The molecule has 0 radical (unpaired) electrons. The zero-order chi connectivity index (χ0) is 9.47. The van der Waals surface area contributed by atoms with E-state index in [4.69, 9.17) is 0 Å². The molecule has 72 valence electrons. The molecule has 0 N–H and O–H groups in total. The molecule has 0 atom stereocenters. The maximum Gasteiger partial charge on any atom is 0.0392 e. The van der Waals surface area contributed by atoms with Gasteiger partial charge >= 0.3 is 0 Å². The van der Waals surface area contributed by atoms with Gasteiger partial charge in [0, 0.05) is 37.6 Å². The van der Waals surface area contributed by atoms with Crippen LogP contribution in [0.2, 0.25) is 0 Å². The molecule has 1 aromatic heterocycles. The van der Waals surface area contributed by atoms with Gasteiger partial charge in [-0.1, -0.05) is 0 Å². The molecule has 1 aromatic rings. The van der Waals surface area contributed by atoms with Crippen molar-refractivity contribution in [2.45, 2.75) is 32.4 Å². The average molecular weight is 178 g/mol. The molecule has 0 amide bonds. The number of rotatable bonds is 2. The lowest BCUT2D eigenvalue weighted by Gasteiger charge is -2.48. The molecule has 13 heavy (non-hydrogen) atoms. The Morgan fingerprint density at radius 2 is 2.23 bits per heavy atom. The monoisotopic (exact) mass is 178 g/mol. The summed E-state index contributed by atoms with van der Waals surface area (Å²) in [5.74, 6) is 0. The second kappa shape index (κ2) is 2.88. The summed E-state index contributed by atoms with van der Waals surface area (Å²) >= 11 is 0. The van der Waals surface area contributed by atoms with Crippen LogP contribution >= 0.6 is 0 Å². The standard InChI is InChI=1S/C11H18N2/c1-11(2)6-8-13(11)9-10-5-4-7-12(10)3/h4-5,7H,6,8-9H2,1-3H3. The van der Waals surface area contributed by atoms with Gasteiger partial charge in [0.15, 0.2) is 0 Å². The van der Waals surface area contributed by atoms with Gasteiger partial charge in [0.25, 0.3) is 0 Å². The van der Waals surface area contributed by atoms with Gasteiger partial charge in [-0.15, -0.1) is 0 Å². The molecule has 1 aliphatic rings. The van der Waals surface area contributed by atoms with E-state index in [1.165, 1.54) is 18.7 Å². The van der Waals surface area contributed by atoms with Crippen LogP contribution in [0.15, 0.2) is 18.3 Å². The van der Waals surface area contributed by atoms with Crippen LogP contribution in [0, 0.1) is 0 Å². The molecule has 2 rings (SSSR count). The molecular weight excluding hydrogens is 160 g/mol. The number of hydrogen-bond donors (Lipinski definition) is 0. The van der Waals surface area contributed by atoms with Crippen molar-refractivity contribution in [3.8, 4) is 0 Å². The Hall–Kier alpha value is -0.760. The van der Waals surface area contributed by atoms with Crippen LogP contribution in [-0.2, 0) is 13.6 Å². The second-order valence-electron chi connectivity index (χ2n) is 4.59. The van der Waals surface area contributed by atoms with Crippen LogP contribution in [0.5, 0.6) is 0 Å². The third kappa shape index (κ3) is 1.51. The maximum atomic E-state index is 2.53. The van der Waals surface area contributed by atoms with Crippen LogP contribution < -0.4 is 0 Å². The lowest BCUT2D eigenvalue weighted by atomic mass is 9.89. The highest BCUT2D eigenvalue weighted by Crippen LogP contribution is 2.30. The van der Waals surface area contributed by atoms with Crippen LogP contribution in [0.3, 0.4) is 0 Å². The summed E-state index contributed by atoms with van der Waals surface area (Å²) in [4.78, 5) is 2.53. The van der Waals surface area contributed by atoms with Crippen molar-refractivity contribution in [2.24, 2.45) is 7.05 Å². The minimum absolute atomic E-state index is 0.421. The van der Waals surface area contributed by atoms with Gasteiger partial charge in [0.05, 0.1) is 0 Å². The van der Waals surface area contributed by atoms with E-state index < -0.39 is 0 Å². The van der Waals surface area contributed by atoms with Crippen LogP contribution in [-0.4, -0.2) is 21.6 Å². The Balaban J connectivity index is 2.03. The summed E-state index contributed by atoms with van der Waals surface area (Å²) in [5.41, 5.74) is 1.83. The fourth-order valence-electron chi connectivity index (χ4n) is 1.87. The summed E-state index contributed by atoms with van der Waals surface area (Å²) in [6.45, 7) is 6.98. The van der Waals surface area contributed by atoms with E-state index >= 15 is 0 Å². The Morgan fingerprint density at radius 3 is 2.62 bits per heavy atom. The highest BCUT2D eigenvalue weighted by atomic mass is 15.3. The highest BCUT2D eigenvalue weighted by Gasteiger charge is 2.35. The first-order chi connectivity index (χ1) is 6.09. The molecule has 0 bridgehead atoms. The van der Waals surface area contributed by atoms with Gasteiger partial charge in [0.1, 0.15) is 0 Å². The molecule has 2 nitrogen and oxygen atoms in total. The quantitative estimate of drug-likeness (QED) is 0.672. The van der Waals surface area contributed by atoms with Crippen molar-refractivity contribution >= 4 is 0 Å². The third-order valence-electron chi connectivity index (χ3n) is 3.25. The minimum atomic E-state index is 0.421. The molecule has 0 aliphatic carbocycles.